The molecule has 0 saturated heterocycles. The molecule has 146 valence electrons. The van der Waals surface area contributed by atoms with Crippen molar-refractivity contribution in [3.05, 3.63) is 35.9 Å². The number of thiocarbonyl (C=S) groups is 1. The Morgan fingerprint density at radius 2 is 1.85 bits per heavy atom. The van der Waals surface area contributed by atoms with E-state index in [1.54, 1.807) is 5.56 Å². The van der Waals surface area contributed by atoms with Crippen molar-refractivity contribution in [1.82, 2.24) is 5.32 Å². The van der Waals surface area contributed by atoms with Crippen LogP contribution in [0.25, 0.3) is 0 Å². The van der Waals surface area contributed by atoms with Crippen LogP contribution in [0.1, 0.15) is 63.9 Å². The van der Waals surface area contributed by atoms with E-state index in [4.69, 9.17) is 18.0 Å². The fraction of sp³-hybridized carbons (Fsp3) is 0.708. The summed E-state index contributed by atoms with van der Waals surface area (Å²) in [6.07, 6.45) is 10.5. The zero-order chi connectivity index (χ0) is 18.6. The van der Waals surface area contributed by atoms with Crippen LogP contribution in [0.4, 0.5) is 0 Å². The summed E-state index contributed by atoms with van der Waals surface area (Å²) in [5.41, 5.74) is 8.36. The Labute approximate surface area is 169 Å². The number of hydrogen-bond acceptors (Lipinski definition) is 2. The number of nitrogens with one attached hydrogen (secondary N) is 1. The molecule has 5 fully saturated rings. The topological polar surface area (TPSA) is 38.0 Å². The van der Waals surface area contributed by atoms with E-state index < -0.39 is 0 Å². The molecule has 0 aliphatic heterocycles. The highest BCUT2D eigenvalue weighted by Crippen LogP contribution is 2.72. The van der Waals surface area contributed by atoms with Crippen LogP contribution in [-0.2, 0) is 5.41 Å². The van der Waals surface area contributed by atoms with Gasteiger partial charge in [-0.05, 0) is 92.1 Å². The predicted molar refractivity (Wildman–Crippen MR) is 116 cm³/mol. The van der Waals surface area contributed by atoms with Crippen LogP contribution in [0.15, 0.2) is 30.3 Å². The van der Waals surface area contributed by atoms with Gasteiger partial charge in [0.25, 0.3) is 0 Å². The molecule has 4 bridgehead atoms. The lowest BCUT2D eigenvalue weighted by atomic mass is 9.62. The van der Waals surface area contributed by atoms with Crippen LogP contribution in [0.5, 0.6) is 0 Å². The van der Waals surface area contributed by atoms with Crippen molar-refractivity contribution < 1.29 is 0 Å². The maximum Gasteiger partial charge on any atom is 0.0792 e. The highest BCUT2D eigenvalue weighted by atomic mass is 32.1. The molecule has 3 N–H and O–H groups in total. The summed E-state index contributed by atoms with van der Waals surface area (Å²) >= 11 is 6.05. The van der Waals surface area contributed by atoms with E-state index in [-0.39, 0.29) is 0 Å². The lowest BCUT2D eigenvalue weighted by Crippen LogP contribution is -2.46. The minimum atomic E-state index is 0.425. The summed E-state index contributed by atoms with van der Waals surface area (Å²) in [4.78, 5) is 1.20. The van der Waals surface area contributed by atoms with E-state index in [1.807, 2.05) is 0 Å². The second kappa shape index (κ2) is 6.56. The first kappa shape index (κ1) is 18.1. The minimum absolute atomic E-state index is 0.425. The van der Waals surface area contributed by atoms with Crippen LogP contribution in [0.3, 0.4) is 0 Å². The standard InChI is InChI=1S/C24H34N2S/c1-23-11-17-12-24(15-23,18-5-3-2-4-6-18)13-20(23)21(17)22(27)26-19-9-7-16(14-25)8-10-19/h2-6,16-17,19-21H,7-15,25H2,1H3,(H,26,27). The van der Waals surface area contributed by atoms with Crippen molar-refractivity contribution in [3.63, 3.8) is 0 Å². The monoisotopic (exact) mass is 382 g/mol. The van der Waals surface area contributed by atoms with Gasteiger partial charge in [0.05, 0.1) is 4.99 Å². The fourth-order valence-electron chi connectivity index (χ4n) is 7.70. The quantitative estimate of drug-likeness (QED) is 0.734. The Kier molecular flexibility index (Phi) is 4.40. The molecular formula is C24H34N2S. The SMILES string of the molecule is CC12CC3CC(c4ccccc4)(CC1C3C(=S)NC1CCC(CN)CC1)C2. The van der Waals surface area contributed by atoms with Gasteiger partial charge in [0.1, 0.15) is 0 Å². The summed E-state index contributed by atoms with van der Waals surface area (Å²) in [6.45, 7) is 3.41. The summed E-state index contributed by atoms with van der Waals surface area (Å²) in [5.74, 6) is 2.91. The molecule has 0 radical (unpaired) electrons. The minimum Gasteiger partial charge on any atom is -0.377 e. The maximum absolute atomic E-state index is 6.05. The molecule has 27 heavy (non-hydrogen) atoms. The first-order valence-corrected chi connectivity index (χ1v) is 11.5. The third kappa shape index (κ3) is 2.88. The van der Waals surface area contributed by atoms with Crippen LogP contribution in [-0.4, -0.2) is 17.6 Å². The molecule has 0 heterocycles. The number of hydrogen-bond donors (Lipinski definition) is 2. The maximum atomic E-state index is 6.05. The zero-order valence-corrected chi connectivity index (χ0v) is 17.4. The number of benzene rings is 1. The van der Waals surface area contributed by atoms with Crippen LogP contribution in [0, 0.1) is 29.1 Å². The van der Waals surface area contributed by atoms with Crippen molar-refractivity contribution in [1.29, 1.82) is 0 Å². The Bertz CT molecular complexity index is 710. The zero-order valence-electron chi connectivity index (χ0n) is 16.6. The third-order valence-electron chi connectivity index (χ3n) is 8.79. The van der Waals surface area contributed by atoms with Crippen LogP contribution < -0.4 is 11.1 Å². The normalized spacial score (nSPS) is 45.2. The molecule has 2 nitrogen and oxygen atoms in total. The first-order valence-electron chi connectivity index (χ1n) is 11.1. The van der Waals surface area contributed by atoms with Gasteiger partial charge >= 0.3 is 0 Å². The molecule has 5 atom stereocenters. The molecule has 6 rings (SSSR count). The molecule has 5 unspecified atom stereocenters. The second-order valence-electron chi connectivity index (χ2n) is 10.4. The molecule has 1 aromatic rings. The molecule has 5 aliphatic carbocycles. The number of rotatable bonds is 4. The molecule has 0 amide bonds. The summed E-state index contributed by atoms with van der Waals surface area (Å²) < 4.78 is 0. The lowest BCUT2D eigenvalue weighted by Gasteiger charge is -2.43. The molecule has 5 aliphatic rings. The summed E-state index contributed by atoms with van der Waals surface area (Å²) in [5, 5.41) is 3.83. The van der Waals surface area contributed by atoms with Crippen molar-refractivity contribution in [2.45, 2.75) is 69.7 Å². The van der Waals surface area contributed by atoms with Crippen molar-refractivity contribution in [3.8, 4) is 0 Å². The van der Waals surface area contributed by atoms with E-state index in [0.717, 1.165) is 24.3 Å². The molecule has 3 heteroatoms. The highest BCUT2D eigenvalue weighted by molar-refractivity contribution is 7.80. The summed E-state index contributed by atoms with van der Waals surface area (Å²) in [7, 11) is 0. The van der Waals surface area contributed by atoms with Gasteiger partial charge in [0.15, 0.2) is 0 Å². The van der Waals surface area contributed by atoms with E-state index in [0.29, 0.717) is 22.8 Å². The Morgan fingerprint density at radius 1 is 1.11 bits per heavy atom. The van der Waals surface area contributed by atoms with E-state index in [1.165, 1.54) is 56.4 Å². The predicted octanol–water partition coefficient (Wildman–Crippen LogP) is 4.82. The Balaban J connectivity index is 1.31. The largest absolute Gasteiger partial charge is 0.377 e. The molecular weight excluding hydrogens is 348 g/mol. The Morgan fingerprint density at radius 3 is 2.52 bits per heavy atom. The van der Waals surface area contributed by atoms with Gasteiger partial charge in [-0.15, -0.1) is 0 Å². The molecule has 5 saturated carbocycles. The van der Waals surface area contributed by atoms with Gasteiger partial charge in [0, 0.05) is 12.0 Å². The summed E-state index contributed by atoms with van der Waals surface area (Å²) in [6, 6.07) is 11.9. The lowest BCUT2D eigenvalue weighted by molar-refractivity contribution is 0.182. The van der Waals surface area contributed by atoms with Crippen LogP contribution >= 0.6 is 12.2 Å². The second-order valence-corrected chi connectivity index (χ2v) is 10.9. The van der Waals surface area contributed by atoms with Gasteiger partial charge in [-0.2, -0.15) is 0 Å². The Hall–Kier alpha value is -0.930. The van der Waals surface area contributed by atoms with Gasteiger partial charge in [0.2, 0.25) is 0 Å². The van der Waals surface area contributed by atoms with E-state index in [2.05, 4.69) is 42.6 Å². The first-order chi connectivity index (χ1) is 13.0. The molecule has 0 spiro atoms. The third-order valence-corrected chi connectivity index (χ3v) is 9.18. The molecule has 1 aromatic carbocycles. The van der Waals surface area contributed by atoms with Gasteiger partial charge in [-0.25, -0.2) is 0 Å². The fourth-order valence-corrected chi connectivity index (χ4v) is 8.23. The van der Waals surface area contributed by atoms with Crippen molar-refractivity contribution in [2.75, 3.05) is 6.54 Å². The van der Waals surface area contributed by atoms with Crippen molar-refractivity contribution in [2.24, 2.45) is 34.8 Å². The van der Waals surface area contributed by atoms with Gasteiger partial charge in [-0.1, -0.05) is 49.5 Å². The van der Waals surface area contributed by atoms with E-state index in [9.17, 15) is 0 Å². The number of nitrogens with two attached hydrogens (primary N) is 1. The smallest absolute Gasteiger partial charge is 0.0792 e. The van der Waals surface area contributed by atoms with Crippen LogP contribution in [0.2, 0.25) is 0 Å². The average molecular weight is 383 g/mol. The van der Waals surface area contributed by atoms with Gasteiger partial charge in [-0.3, -0.25) is 0 Å². The average Bonchev–Trinajstić information content (AvgIpc) is 3.01. The van der Waals surface area contributed by atoms with Gasteiger partial charge < -0.3 is 11.1 Å². The highest BCUT2D eigenvalue weighted by Gasteiger charge is 2.66. The van der Waals surface area contributed by atoms with E-state index >= 15 is 0 Å². The van der Waals surface area contributed by atoms with Crippen molar-refractivity contribution >= 4 is 17.2 Å². The molecule has 0 aromatic heterocycles.